The van der Waals surface area contributed by atoms with Crippen molar-refractivity contribution in [3.63, 3.8) is 0 Å². The Morgan fingerprint density at radius 2 is 2.12 bits per heavy atom. The lowest BCUT2D eigenvalue weighted by Crippen LogP contribution is -2.34. The molecule has 2 aromatic rings. The smallest absolute Gasteiger partial charge is 0.243 e. The molecule has 0 bridgehead atoms. The van der Waals surface area contributed by atoms with E-state index in [4.69, 9.17) is 4.74 Å². The number of methoxy groups -OCH3 is 1. The van der Waals surface area contributed by atoms with Crippen molar-refractivity contribution in [2.75, 3.05) is 13.7 Å². The fourth-order valence-corrected chi connectivity index (χ4v) is 4.38. The normalized spacial score (nSPS) is 17.8. The lowest BCUT2D eigenvalue weighted by atomic mass is 9.95. The summed E-state index contributed by atoms with van der Waals surface area (Å²) in [6.45, 7) is 3.00. The molecule has 2 aliphatic rings. The van der Waals surface area contributed by atoms with Crippen LogP contribution in [0.25, 0.3) is 10.9 Å². The minimum atomic E-state index is -0.116. The third-order valence-corrected chi connectivity index (χ3v) is 5.96. The SMILES string of the molecule is CCCC(C(=O)NCC1CC1)n1c2c(c3ccc(OC)cc31)CCCC2. The predicted octanol–water partition coefficient (Wildman–Crippen LogP) is 4.40. The number of aromatic nitrogens is 1. The maximum Gasteiger partial charge on any atom is 0.243 e. The third kappa shape index (κ3) is 3.22. The number of carbonyl (C=O) groups is 1. The van der Waals surface area contributed by atoms with Crippen LogP contribution < -0.4 is 10.1 Å². The quantitative estimate of drug-likeness (QED) is 0.801. The van der Waals surface area contributed by atoms with E-state index in [1.807, 2.05) is 6.07 Å². The molecule has 26 heavy (non-hydrogen) atoms. The lowest BCUT2D eigenvalue weighted by Gasteiger charge is -2.24. The van der Waals surface area contributed by atoms with E-state index in [0.717, 1.165) is 43.5 Å². The molecule has 4 rings (SSSR count). The maximum atomic E-state index is 13.1. The van der Waals surface area contributed by atoms with Gasteiger partial charge in [-0.3, -0.25) is 4.79 Å². The van der Waals surface area contributed by atoms with E-state index in [1.165, 1.54) is 42.3 Å². The summed E-state index contributed by atoms with van der Waals surface area (Å²) in [4.78, 5) is 13.1. The minimum absolute atomic E-state index is 0.116. The van der Waals surface area contributed by atoms with Crippen LogP contribution in [-0.4, -0.2) is 24.1 Å². The van der Waals surface area contributed by atoms with E-state index in [-0.39, 0.29) is 11.9 Å². The van der Waals surface area contributed by atoms with Gasteiger partial charge in [0.2, 0.25) is 5.91 Å². The number of hydrogen-bond donors (Lipinski definition) is 1. The van der Waals surface area contributed by atoms with Crippen molar-refractivity contribution in [3.8, 4) is 5.75 Å². The number of benzene rings is 1. The first-order chi connectivity index (χ1) is 12.7. The van der Waals surface area contributed by atoms with Gasteiger partial charge in [-0.2, -0.15) is 0 Å². The van der Waals surface area contributed by atoms with Gasteiger partial charge in [0.1, 0.15) is 11.8 Å². The highest BCUT2D eigenvalue weighted by molar-refractivity contribution is 5.90. The van der Waals surface area contributed by atoms with Crippen molar-refractivity contribution < 1.29 is 9.53 Å². The predicted molar refractivity (Wildman–Crippen MR) is 105 cm³/mol. The molecule has 1 saturated carbocycles. The van der Waals surface area contributed by atoms with E-state index in [0.29, 0.717) is 5.92 Å². The first-order valence-electron chi connectivity index (χ1n) is 10.2. The molecule has 1 aromatic heterocycles. The van der Waals surface area contributed by atoms with Gasteiger partial charge in [0.25, 0.3) is 0 Å². The number of nitrogens with one attached hydrogen (secondary N) is 1. The Kier molecular flexibility index (Phi) is 4.92. The van der Waals surface area contributed by atoms with Crippen LogP contribution in [0.4, 0.5) is 0 Å². The maximum absolute atomic E-state index is 13.1. The summed E-state index contributed by atoms with van der Waals surface area (Å²) < 4.78 is 7.83. The number of fused-ring (bicyclic) bond motifs is 3. The van der Waals surface area contributed by atoms with E-state index in [9.17, 15) is 4.79 Å². The minimum Gasteiger partial charge on any atom is -0.497 e. The Hall–Kier alpha value is -1.97. The number of aryl methyl sites for hydroxylation is 1. The van der Waals surface area contributed by atoms with Gasteiger partial charge in [-0.05, 0) is 68.6 Å². The molecule has 0 spiro atoms. The Bertz CT molecular complexity index is 804. The lowest BCUT2D eigenvalue weighted by molar-refractivity contribution is -0.124. The van der Waals surface area contributed by atoms with Crippen molar-refractivity contribution >= 4 is 16.8 Å². The molecule has 1 heterocycles. The standard InChI is InChI=1S/C22H30N2O2/c1-3-6-20(22(25)23-14-15-9-10-15)24-19-8-5-4-7-17(19)18-12-11-16(26-2)13-21(18)24/h11-13,15,20H,3-10,14H2,1-2H3,(H,23,25). The molecule has 1 aromatic carbocycles. The van der Waals surface area contributed by atoms with E-state index < -0.39 is 0 Å². The number of ether oxygens (including phenoxy) is 1. The summed E-state index contributed by atoms with van der Waals surface area (Å²) in [5.74, 6) is 1.76. The van der Waals surface area contributed by atoms with Gasteiger partial charge in [0.15, 0.2) is 0 Å². The molecule has 4 heteroatoms. The Balaban J connectivity index is 1.78. The zero-order valence-electron chi connectivity index (χ0n) is 16.0. The monoisotopic (exact) mass is 354 g/mol. The van der Waals surface area contributed by atoms with Crippen LogP contribution in [0.1, 0.15) is 62.7 Å². The Morgan fingerprint density at radius 1 is 1.31 bits per heavy atom. The van der Waals surface area contributed by atoms with Crippen LogP contribution >= 0.6 is 0 Å². The average molecular weight is 354 g/mol. The summed E-state index contributed by atoms with van der Waals surface area (Å²) in [6, 6.07) is 6.23. The van der Waals surface area contributed by atoms with E-state index in [1.54, 1.807) is 7.11 Å². The molecule has 2 aliphatic carbocycles. The van der Waals surface area contributed by atoms with Crippen LogP contribution in [0.5, 0.6) is 5.75 Å². The summed E-state index contributed by atoms with van der Waals surface area (Å²) in [5, 5.41) is 4.53. The van der Waals surface area contributed by atoms with Crippen LogP contribution in [0.2, 0.25) is 0 Å². The highest BCUT2D eigenvalue weighted by Crippen LogP contribution is 2.37. The zero-order valence-corrected chi connectivity index (χ0v) is 16.0. The van der Waals surface area contributed by atoms with Crippen molar-refractivity contribution in [2.24, 2.45) is 5.92 Å². The van der Waals surface area contributed by atoms with E-state index >= 15 is 0 Å². The first-order valence-corrected chi connectivity index (χ1v) is 10.2. The van der Waals surface area contributed by atoms with Gasteiger partial charge < -0.3 is 14.6 Å². The molecule has 1 fully saturated rings. The van der Waals surface area contributed by atoms with Crippen molar-refractivity contribution in [2.45, 2.75) is 64.3 Å². The summed E-state index contributed by atoms with van der Waals surface area (Å²) in [6.07, 6.45) is 9.04. The second-order valence-electron chi connectivity index (χ2n) is 7.88. The van der Waals surface area contributed by atoms with Crippen molar-refractivity contribution in [1.82, 2.24) is 9.88 Å². The van der Waals surface area contributed by atoms with Gasteiger partial charge in [-0.25, -0.2) is 0 Å². The number of nitrogens with zero attached hydrogens (tertiary/aromatic N) is 1. The fraction of sp³-hybridized carbons (Fsp3) is 0.591. The Labute approximate surface area is 155 Å². The average Bonchev–Trinajstić information content (AvgIpc) is 3.45. The largest absolute Gasteiger partial charge is 0.497 e. The molecule has 1 unspecified atom stereocenters. The van der Waals surface area contributed by atoms with Gasteiger partial charge in [0, 0.05) is 23.7 Å². The number of hydrogen-bond acceptors (Lipinski definition) is 2. The van der Waals surface area contributed by atoms with Crippen molar-refractivity contribution in [1.29, 1.82) is 0 Å². The molecule has 1 amide bonds. The second kappa shape index (κ2) is 7.34. The topological polar surface area (TPSA) is 43.3 Å². The van der Waals surface area contributed by atoms with Gasteiger partial charge in [-0.15, -0.1) is 0 Å². The molecular formula is C22H30N2O2. The fourth-order valence-electron chi connectivity index (χ4n) is 4.38. The van der Waals surface area contributed by atoms with Crippen LogP contribution in [0, 0.1) is 5.92 Å². The summed E-state index contributed by atoms with van der Waals surface area (Å²) in [5.41, 5.74) is 3.99. The molecule has 0 radical (unpaired) electrons. The first kappa shape index (κ1) is 17.4. The van der Waals surface area contributed by atoms with Crippen molar-refractivity contribution in [3.05, 3.63) is 29.5 Å². The zero-order chi connectivity index (χ0) is 18.1. The van der Waals surface area contributed by atoms with Gasteiger partial charge in [0.05, 0.1) is 12.6 Å². The molecule has 1 atom stereocenters. The highest BCUT2D eigenvalue weighted by Gasteiger charge is 2.29. The molecule has 0 aliphatic heterocycles. The Morgan fingerprint density at radius 3 is 2.85 bits per heavy atom. The third-order valence-electron chi connectivity index (χ3n) is 5.96. The molecule has 1 N–H and O–H groups in total. The molecular weight excluding hydrogens is 324 g/mol. The summed E-state index contributed by atoms with van der Waals surface area (Å²) in [7, 11) is 1.71. The molecule has 0 saturated heterocycles. The van der Waals surface area contributed by atoms with Crippen LogP contribution in [0.3, 0.4) is 0 Å². The van der Waals surface area contributed by atoms with Crippen LogP contribution in [-0.2, 0) is 17.6 Å². The molecule has 4 nitrogen and oxygen atoms in total. The number of rotatable bonds is 7. The van der Waals surface area contributed by atoms with Gasteiger partial charge in [-0.1, -0.05) is 13.3 Å². The van der Waals surface area contributed by atoms with E-state index in [2.05, 4.69) is 28.9 Å². The van der Waals surface area contributed by atoms with Gasteiger partial charge >= 0.3 is 0 Å². The second-order valence-corrected chi connectivity index (χ2v) is 7.88. The summed E-state index contributed by atoms with van der Waals surface area (Å²) >= 11 is 0. The molecule has 140 valence electrons. The number of amides is 1. The van der Waals surface area contributed by atoms with Crippen LogP contribution in [0.15, 0.2) is 18.2 Å². The number of carbonyl (C=O) groups excluding carboxylic acids is 1. The highest BCUT2D eigenvalue weighted by atomic mass is 16.5.